The molecule has 3 amide bonds. The molecule has 0 aromatic heterocycles. The molecule has 6 heteroatoms. The van der Waals surface area contributed by atoms with Crippen LogP contribution in [0.15, 0.2) is 28.7 Å². The summed E-state index contributed by atoms with van der Waals surface area (Å²) in [7, 11) is 0. The fraction of sp³-hybridized carbons (Fsp3) is 0.312. The number of nitrogens with one attached hydrogen (secondary N) is 1. The molecular weight excluding hydrogens is 348 g/mol. The normalized spacial score (nSPS) is 14.3. The number of likely N-dealkylation sites (tertiary alicyclic amines) is 1. The van der Waals surface area contributed by atoms with Gasteiger partial charge in [-0.1, -0.05) is 21.9 Å². The van der Waals surface area contributed by atoms with Crippen molar-refractivity contribution in [2.45, 2.75) is 19.3 Å². The predicted octanol–water partition coefficient (Wildman–Crippen LogP) is 1.46. The monoisotopic (exact) mass is 362 g/mol. The van der Waals surface area contributed by atoms with E-state index in [0.717, 1.165) is 10.0 Å². The Labute approximate surface area is 137 Å². The molecule has 1 N–H and O–H groups in total. The summed E-state index contributed by atoms with van der Waals surface area (Å²) in [5.74, 6) is 4.44. The molecular formula is C16H15BrN2O3. The summed E-state index contributed by atoms with van der Waals surface area (Å²) < 4.78 is 0.943. The molecule has 0 unspecified atom stereocenters. The van der Waals surface area contributed by atoms with Crippen molar-refractivity contribution in [1.29, 1.82) is 0 Å². The second-order valence-corrected chi connectivity index (χ2v) is 5.72. The highest BCUT2D eigenvalue weighted by atomic mass is 79.9. The van der Waals surface area contributed by atoms with E-state index >= 15 is 0 Å². The average Bonchev–Trinajstić information content (AvgIpc) is 2.50. The van der Waals surface area contributed by atoms with Crippen molar-refractivity contribution in [3.63, 3.8) is 0 Å². The molecule has 1 aromatic carbocycles. The van der Waals surface area contributed by atoms with Gasteiger partial charge in [-0.3, -0.25) is 19.3 Å². The zero-order valence-corrected chi connectivity index (χ0v) is 13.5. The number of carbonyl (C=O) groups excluding carboxylic acids is 3. The Balaban J connectivity index is 1.80. The van der Waals surface area contributed by atoms with Crippen LogP contribution in [0.5, 0.6) is 0 Å². The maximum absolute atomic E-state index is 11.6. The number of hydrogen-bond donors (Lipinski definition) is 1. The molecule has 22 heavy (non-hydrogen) atoms. The first kappa shape index (κ1) is 16.2. The van der Waals surface area contributed by atoms with Crippen LogP contribution in [-0.2, 0) is 14.4 Å². The molecule has 0 saturated carbocycles. The van der Waals surface area contributed by atoms with Gasteiger partial charge in [0, 0.05) is 41.9 Å². The highest BCUT2D eigenvalue weighted by Gasteiger charge is 2.25. The Morgan fingerprint density at radius 1 is 1.18 bits per heavy atom. The van der Waals surface area contributed by atoms with Gasteiger partial charge in [0.25, 0.3) is 5.91 Å². The average molecular weight is 363 g/mol. The van der Waals surface area contributed by atoms with Crippen molar-refractivity contribution in [1.82, 2.24) is 10.2 Å². The van der Waals surface area contributed by atoms with Crippen LogP contribution in [0.2, 0.25) is 0 Å². The predicted molar refractivity (Wildman–Crippen MR) is 84.6 cm³/mol. The molecule has 0 radical (unpaired) electrons. The summed E-state index contributed by atoms with van der Waals surface area (Å²) in [6.45, 7) is 0.411. The van der Waals surface area contributed by atoms with Gasteiger partial charge in [0.1, 0.15) is 0 Å². The third kappa shape index (κ3) is 4.71. The lowest BCUT2D eigenvalue weighted by Gasteiger charge is -2.24. The second kappa shape index (κ2) is 7.76. The molecule has 1 saturated heterocycles. The summed E-state index contributed by atoms with van der Waals surface area (Å²) in [4.78, 5) is 36.0. The SMILES string of the molecule is O=C(C#Cc1ccc(Br)cc1)NCCN1C(=O)CCCC1=O. The third-order valence-electron chi connectivity index (χ3n) is 3.17. The van der Waals surface area contributed by atoms with Gasteiger partial charge in [-0.15, -0.1) is 0 Å². The van der Waals surface area contributed by atoms with E-state index in [0.29, 0.717) is 19.3 Å². The molecule has 0 spiro atoms. The number of benzene rings is 1. The van der Waals surface area contributed by atoms with E-state index in [9.17, 15) is 14.4 Å². The lowest BCUT2D eigenvalue weighted by Crippen LogP contribution is -2.44. The zero-order chi connectivity index (χ0) is 15.9. The van der Waals surface area contributed by atoms with Crippen LogP contribution in [-0.4, -0.2) is 35.7 Å². The lowest BCUT2D eigenvalue weighted by atomic mass is 10.1. The molecule has 2 rings (SSSR count). The molecule has 1 heterocycles. The number of hydrogen-bond acceptors (Lipinski definition) is 3. The van der Waals surface area contributed by atoms with E-state index in [2.05, 4.69) is 33.1 Å². The molecule has 5 nitrogen and oxygen atoms in total. The summed E-state index contributed by atoms with van der Waals surface area (Å²) in [6.07, 6.45) is 1.39. The van der Waals surface area contributed by atoms with Crippen molar-refractivity contribution in [2.24, 2.45) is 0 Å². The molecule has 0 aliphatic carbocycles. The Bertz CT molecular complexity index is 628. The Morgan fingerprint density at radius 3 is 2.45 bits per heavy atom. The van der Waals surface area contributed by atoms with Crippen LogP contribution in [0, 0.1) is 11.8 Å². The van der Waals surface area contributed by atoms with Gasteiger partial charge in [-0.05, 0) is 30.7 Å². The largest absolute Gasteiger partial charge is 0.343 e. The highest BCUT2D eigenvalue weighted by Crippen LogP contribution is 2.11. The third-order valence-corrected chi connectivity index (χ3v) is 3.70. The van der Waals surface area contributed by atoms with Crippen molar-refractivity contribution in [3.05, 3.63) is 34.3 Å². The van der Waals surface area contributed by atoms with Crippen LogP contribution in [0.4, 0.5) is 0 Å². The first-order chi connectivity index (χ1) is 10.6. The minimum absolute atomic E-state index is 0.175. The van der Waals surface area contributed by atoms with Crippen molar-refractivity contribution < 1.29 is 14.4 Å². The van der Waals surface area contributed by atoms with Gasteiger partial charge in [0.15, 0.2) is 0 Å². The van der Waals surface area contributed by atoms with Crippen molar-refractivity contribution >= 4 is 33.7 Å². The number of nitrogens with zero attached hydrogens (tertiary/aromatic N) is 1. The van der Waals surface area contributed by atoms with Crippen LogP contribution in [0.25, 0.3) is 0 Å². The Hall–Kier alpha value is -2.13. The van der Waals surface area contributed by atoms with Crippen LogP contribution < -0.4 is 5.32 Å². The Kier molecular flexibility index (Phi) is 5.73. The quantitative estimate of drug-likeness (QED) is 0.653. The van der Waals surface area contributed by atoms with Gasteiger partial charge in [-0.2, -0.15) is 0 Å². The van der Waals surface area contributed by atoms with Gasteiger partial charge < -0.3 is 5.32 Å². The number of piperidine rings is 1. The van der Waals surface area contributed by atoms with Gasteiger partial charge in [0.05, 0.1) is 0 Å². The number of rotatable bonds is 3. The summed E-state index contributed by atoms with van der Waals surface area (Å²) in [5.41, 5.74) is 0.736. The molecule has 114 valence electrons. The van der Waals surface area contributed by atoms with Crippen LogP contribution in [0.3, 0.4) is 0 Å². The minimum atomic E-state index is -0.431. The van der Waals surface area contributed by atoms with Gasteiger partial charge in [0.2, 0.25) is 11.8 Å². The minimum Gasteiger partial charge on any atom is -0.343 e. The van der Waals surface area contributed by atoms with E-state index < -0.39 is 5.91 Å². The van der Waals surface area contributed by atoms with E-state index in [1.165, 1.54) is 4.90 Å². The maximum Gasteiger partial charge on any atom is 0.296 e. The first-order valence-electron chi connectivity index (χ1n) is 6.95. The summed E-state index contributed by atoms with van der Waals surface area (Å²) in [6, 6.07) is 7.29. The number of halogens is 1. The number of imide groups is 1. The topological polar surface area (TPSA) is 66.5 Å². The lowest BCUT2D eigenvalue weighted by molar-refractivity contribution is -0.148. The molecule has 0 bridgehead atoms. The van der Waals surface area contributed by atoms with E-state index in [1.54, 1.807) is 12.1 Å². The smallest absolute Gasteiger partial charge is 0.296 e. The van der Waals surface area contributed by atoms with E-state index in [4.69, 9.17) is 0 Å². The molecule has 1 fully saturated rings. The van der Waals surface area contributed by atoms with Gasteiger partial charge >= 0.3 is 0 Å². The van der Waals surface area contributed by atoms with Gasteiger partial charge in [-0.25, -0.2) is 0 Å². The van der Waals surface area contributed by atoms with E-state index in [-0.39, 0.29) is 24.9 Å². The van der Waals surface area contributed by atoms with Crippen LogP contribution >= 0.6 is 15.9 Å². The summed E-state index contributed by atoms with van der Waals surface area (Å²) >= 11 is 3.32. The fourth-order valence-corrected chi connectivity index (χ4v) is 2.30. The molecule has 0 atom stereocenters. The van der Waals surface area contributed by atoms with Crippen LogP contribution in [0.1, 0.15) is 24.8 Å². The van der Waals surface area contributed by atoms with Crippen molar-refractivity contribution in [2.75, 3.05) is 13.1 Å². The molecule has 1 aliphatic heterocycles. The van der Waals surface area contributed by atoms with Crippen molar-refractivity contribution in [3.8, 4) is 11.8 Å². The fourth-order valence-electron chi connectivity index (χ4n) is 2.04. The Morgan fingerprint density at radius 2 is 1.82 bits per heavy atom. The molecule has 1 aromatic rings. The first-order valence-corrected chi connectivity index (χ1v) is 7.74. The highest BCUT2D eigenvalue weighted by molar-refractivity contribution is 9.10. The standard InChI is InChI=1S/C16H15BrN2O3/c17-13-7-4-12(5-8-13)6-9-14(20)18-10-11-19-15(21)2-1-3-16(19)22/h4-5,7-8H,1-3,10-11H2,(H,18,20). The zero-order valence-electron chi connectivity index (χ0n) is 11.9. The maximum atomic E-state index is 11.6. The molecule has 1 aliphatic rings. The van der Waals surface area contributed by atoms with E-state index in [1.807, 2.05) is 12.1 Å². The number of amides is 3. The second-order valence-electron chi connectivity index (χ2n) is 4.81. The number of carbonyl (C=O) groups is 3. The summed E-state index contributed by atoms with van der Waals surface area (Å²) in [5, 5.41) is 2.58.